The second kappa shape index (κ2) is 8.29. The predicted molar refractivity (Wildman–Crippen MR) is 91.9 cm³/mol. The fourth-order valence-electron chi connectivity index (χ4n) is 3.29. The molecule has 1 heterocycles. The summed E-state index contributed by atoms with van der Waals surface area (Å²) in [5, 5.41) is 9.05. The lowest BCUT2D eigenvalue weighted by atomic mass is 10.0. The molecule has 1 amide bonds. The van der Waals surface area contributed by atoms with Crippen LogP contribution in [0.15, 0.2) is 24.3 Å². The average molecular weight is 333 g/mol. The molecule has 0 saturated carbocycles. The van der Waals surface area contributed by atoms with Crippen LogP contribution in [-0.4, -0.2) is 47.7 Å². The molecule has 2 rings (SSSR count). The van der Waals surface area contributed by atoms with Crippen molar-refractivity contribution in [3.05, 3.63) is 35.4 Å². The van der Waals surface area contributed by atoms with E-state index in [-0.39, 0.29) is 24.5 Å². The van der Waals surface area contributed by atoms with Gasteiger partial charge in [-0.1, -0.05) is 38.1 Å². The third-order valence-electron chi connectivity index (χ3n) is 4.46. The number of nitrogens with zero attached hydrogens (tertiary/aromatic N) is 1. The van der Waals surface area contributed by atoms with Gasteiger partial charge < -0.3 is 14.7 Å². The average Bonchev–Trinajstić information content (AvgIpc) is 2.91. The molecule has 1 N–H and O–H groups in total. The molecule has 0 bridgehead atoms. The Kier molecular flexibility index (Phi) is 6.37. The summed E-state index contributed by atoms with van der Waals surface area (Å²) >= 11 is 0. The summed E-state index contributed by atoms with van der Waals surface area (Å²) in [6.07, 6.45) is 1.80. The van der Waals surface area contributed by atoms with Crippen molar-refractivity contribution in [2.45, 2.75) is 51.7 Å². The van der Waals surface area contributed by atoms with E-state index < -0.39 is 5.97 Å². The molecule has 5 heteroatoms. The first kappa shape index (κ1) is 18.5. The van der Waals surface area contributed by atoms with Crippen molar-refractivity contribution < 1.29 is 19.4 Å². The van der Waals surface area contributed by atoms with Gasteiger partial charge in [-0.2, -0.15) is 0 Å². The standard InChI is InChI=1S/C19H27NO4/c1-13(2)8-14-4-6-15(7-5-14)9-18(21)20-12-17(24-3)10-16(20)11-19(22)23/h4-7,13,16-17H,8-12H2,1-3H3,(H,22,23). The van der Waals surface area contributed by atoms with Crippen molar-refractivity contribution in [2.75, 3.05) is 13.7 Å². The number of carbonyl (C=O) groups is 2. The number of carboxylic acid groups (broad SMARTS) is 1. The van der Waals surface area contributed by atoms with Crippen molar-refractivity contribution in [2.24, 2.45) is 5.92 Å². The summed E-state index contributed by atoms with van der Waals surface area (Å²) in [5.41, 5.74) is 2.23. The van der Waals surface area contributed by atoms with Crippen LogP contribution in [0.4, 0.5) is 0 Å². The highest BCUT2D eigenvalue weighted by molar-refractivity contribution is 5.80. The minimum Gasteiger partial charge on any atom is -0.481 e. The minimum absolute atomic E-state index is 0.0288. The summed E-state index contributed by atoms with van der Waals surface area (Å²) < 4.78 is 5.32. The van der Waals surface area contributed by atoms with E-state index in [4.69, 9.17) is 9.84 Å². The number of hydrogen-bond donors (Lipinski definition) is 1. The molecule has 24 heavy (non-hydrogen) atoms. The number of amides is 1. The zero-order valence-electron chi connectivity index (χ0n) is 14.7. The quantitative estimate of drug-likeness (QED) is 0.832. The van der Waals surface area contributed by atoms with E-state index in [9.17, 15) is 9.59 Å². The number of likely N-dealkylation sites (tertiary alicyclic amines) is 1. The van der Waals surface area contributed by atoms with E-state index in [0.717, 1.165) is 12.0 Å². The van der Waals surface area contributed by atoms with Crippen molar-refractivity contribution in [1.29, 1.82) is 0 Å². The van der Waals surface area contributed by atoms with Crippen LogP contribution < -0.4 is 0 Å². The first-order valence-electron chi connectivity index (χ1n) is 8.51. The molecule has 0 spiro atoms. The highest BCUT2D eigenvalue weighted by atomic mass is 16.5. The summed E-state index contributed by atoms with van der Waals surface area (Å²) in [6, 6.07) is 7.84. The lowest BCUT2D eigenvalue weighted by molar-refractivity contribution is -0.139. The van der Waals surface area contributed by atoms with Crippen LogP contribution in [0.1, 0.15) is 37.8 Å². The van der Waals surface area contributed by atoms with Gasteiger partial charge in [0.25, 0.3) is 0 Å². The van der Waals surface area contributed by atoms with Crippen molar-refractivity contribution in [3.63, 3.8) is 0 Å². The molecule has 1 aliphatic heterocycles. The molecule has 0 aromatic heterocycles. The van der Waals surface area contributed by atoms with Crippen LogP contribution in [0.25, 0.3) is 0 Å². The van der Waals surface area contributed by atoms with Gasteiger partial charge in [0, 0.05) is 19.7 Å². The van der Waals surface area contributed by atoms with Gasteiger partial charge in [0.15, 0.2) is 0 Å². The lowest BCUT2D eigenvalue weighted by Gasteiger charge is -2.23. The summed E-state index contributed by atoms with van der Waals surface area (Å²) in [4.78, 5) is 25.3. The normalized spacial score (nSPS) is 20.6. The number of aliphatic carboxylic acids is 1. The van der Waals surface area contributed by atoms with E-state index in [0.29, 0.717) is 25.3 Å². The van der Waals surface area contributed by atoms with Crippen molar-refractivity contribution in [1.82, 2.24) is 4.90 Å². The Morgan fingerprint density at radius 2 is 1.88 bits per heavy atom. The van der Waals surface area contributed by atoms with Gasteiger partial charge in [-0.05, 0) is 29.9 Å². The zero-order valence-corrected chi connectivity index (χ0v) is 14.7. The molecule has 0 aliphatic carbocycles. The van der Waals surface area contributed by atoms with Crippen LogP contribution in [0.3, 0.4) is 0 Å². The Morgan fingerprint density at radius 3 is 2.42 bits per heavy atom. The minimum atomic E-state index is -0.882. The van der Waals surface area contributed by atoms with Crippen LogP contribution in [0.5, 0.6) is 0 Å². The van der Waals surface area contributed by atoms with Crippen LogP contribution >= 0.6 is 0 Å². The van der Waals surface area contributed by atoms with Crippen LogP contribution in [0, 0.1) is 5.92 Å². The Bertz CT molecular complexity index is 567. The highest BCUT2D eigenvalue weighted by Crippen LogP contribution is 2.24. The first-order valence-corrected chi connectivity index (χ1v) is 8.51. The zero-order chi connectivity index (χ0) is 17.7. The Balaban J connectivity index is 2.00. The maximum atomic E-state index is 12.6. The Hall–Kier alpha value is -1.88. The number of carboxylic acids is 1. The Morgan fingerprint density at radius 1 is 1.25 bits per heavy atom. The Labute approximate surface area is 143 Å². The van der Waals surface area contributed by atoms with E-state index >= 15 is 0 Å². The van der Waals surface area contributed by atoms with Crippen LogP contribution in [-0.2, 0) is 27.2 Å². The van der Waals surface area contributed by atoms with Gasteiger partial charge in [0.05, 0.1) is 18.9 Å². The summed E-state index contributed by atoms with van der Waals surface area (Å²) in [6.45, 7) is 4.83. The molecule has 132 valence electrons. The number of rotatable bonds is 7. The number of ether oxygens (including phenoxy) is 1. The molecule has 1 aromatic carbocycles. The maximum absolute atomic E-state index is 12.6. The molecule has 1 saturated heterocycles. The van der Waals surface area contributed by atoms with E-state index in [1.807, 2.05) is 12.1 Å². The van der Waals surface area contributed by atoms with Gasteiger partial charge in [-0.25, -0.2) is 0 Å². The smallest absolute Gasteiger partial charge is 0.305 e. The van der Waals surface area contributed by atoms with Gasteiger partial charge in [-0.15, -0.1) is 0 Å². The van der Waals surface area contributed by atoms with Crippen LogP contribution in [0.2, 0.25) is 0 Å². The lowest BCUT2D eigenvalue weighted by Crippen LogP contribution is -2.38. The van der Waals surface area contributed by atoms with Crippen molar-refractivity contribution >= 4 is 11.9 Å². The fraction of sp³-hybridized carbons (Fsp3) is 0.579. The van der Waals surface area contributed by atoms with Gasteiger partial charge in [0.2, 0.25) is 5.91 Å². The molecule has 0 radical (unpaired) electrons. The molecule has 2 unspecified atom stereocenters. The number of methoxy groups -OCH3 is 1. The molecule has 2 atom stereocenters. The van der Waals surface area contributed by atoms with Gasteiger partial charge in [0.1, 0.15) is 0 Å². The molecule has 1 aromatic rings. The van der Waals surface area contributed by atoms with Gasteiger partial charge >= 0.3 is 5.97 Å². The monoisotopic (exact) mass is 333 g/mol. The summed E-state index contributed by atoms with van der Waals surface area (Å²) in [7, 11) is 1.60. The molecular weight excluding hydrogens is 306 g/mol. The van der Waals surface area contributed by atoms with E-state index in [1.54, 1.807) is 12.0 Å². The molecule has 1 aliphatic rings. The molecule has 1 fully saturated rings. The van der Waals surface area contributed by atoms with Crippen molar-refractivity contribution in [3.8, 4) is 0 Å². The highest BCUT2D eigenvalue weighted by Gasteiger charge is 2.36. The van der Waals surface area contributed by atoms with E-state index in [1.165, 1.54) is 5.56 Å². The topological polar surface area (TPSA) is 66.8 Å². The SMILES string of the molecule is COC1CC(CC(=O)O)N(C(=O)Cc2ccc(CC(C)C)cc2)C1. The second-order valence-corrected chi connectivity index (χ2v) is 6.98. The molecule has 5 nitrogen and oxygen atoms in total. The fourth-order valence-corrected chi connectivity index (χ4v) is 3.29. The predicted octanol–water partition coefficient (Wildman–Crippen LogP) is 2.52. The second-order valence-electron chi connectivity index (χ2n) is 6.98. The van der Waals surface area contributed by atoms with E-state index in [2.05, 4.69) is 26.0 Å². The number of carbonyl (C=O) groups excluding carboxylic acids is 1. The number of hydrogen-bond acceptors (Lipinski definition) is 3. The summed E-state index contributed by atoms with van der Waals surface area (Å²) in [5.74, 6) is -0.310. The van der Waals surface area contributed by atoms with Gasteiger partial charge in [-0.3, -0.25) is 9.59 Å². The maximum Gasteiger partial charge on any atom is 0.305 e. The molecular formula is C19H27NO4. The first-order chi connectivity index (χ1) is 11.4. The largest absolute Gasteiger partial charge is 0.481 e. The third kappa shape index (κ3) is 5.06. The number of benzene rings is 1. The third-order valence-corrected chi connectivity index (χ3v) is 4.46.